The molecule has 68 valence electrons. The minimum atomic E-state index is -0.451. The summed E-state index contributed by atoms with van der Waals surface area (Å²) >= 11 is 0. The van der Waals surface area contributed by atoms with Crippen LogP contribution in [0.3, 0.4) is 0 Å². The number of nitrogens with one attached hydrogen (secondary N) is 2. The second kappa shape index (κ2) is 4.54. The van der Waals surface area contributed by atoms with E-state index in [9.17, 15) is 9.59 Å². The maximum atomic E-state index is 10.8. The topological polar surface area (TPSA) is 65.7 Å². The van der Waals surface area contributed by atoms with Gasteiger partial charge in [0.25, 0.3) is 5.56 Å². The van der Waals surface area contributed by atoms with Crippen molar-refractivity contribution in [3.05, 3.63) is 32.1 Å². The fourth-order valence-electron chi connectivity index (χ4n) is 0.662. The van der Waals surface area contributed by atoms with Crippen LogP contribution in [-0.4, -0.2) is 9.97 Å². The van der Waals surface area contributed by atoms with E-state index in [4.69, 9.17) is 0 Å². The van der Waals surface area contributed by atoms with Crippen LogP contribution in [-0.2, 0) is 0 Å². The van der Waals surface area contributed by atoms with Crippen LogP contribution in [0.1, 0.15) is 25.1 Å². The summed E-state index contributed by atoms with van der Waals surface area (Å²) in [6.45, 7) is 7.34. The van der Waals surface area contributed by atoms with Gasteiger partial charge in [-0.3, -0.25) is 9.78 Å². The molecule has 0 aliphatic carbocycles. The van der Waals surface area contributed by atoms with Crippen LogP contribution in [0.2, 0.25) is 0 Å². The van der Waals surface area contributed by atoms with Gasteiger partial charge >= 0.3 is 5.69 Å². The van der Waals surface area contributed by atoms with Crippen molar-refractivity contribution in [3.8, 4) is 0 Å². The molecule has 0 unspecified atom stereocenters. The fourth-order valence-corrected chi connectivity index (χ4v) is 0.662. The van der Waals surface area contributed by atoms with Gasteiger partial charge in [-0.15, -0.1) is 0 Å². The summed E-state index contributed by atoms with van der Waals surface area (Å²) in [5.74, 6) is 0. The third-order valence-electron chi connectivity index (χ3n) is 1.43. The van der Waals surface area contributed by atoms with Crippen molar-refractivity contribution in [2.45, 2.75) is 27.7 Å². The first kappa shape index (κ1) is 10.7. The van der Waals surface area contributed by atoms with E-state index in [2.05, 4.69) is 9.97 Å². The molecule has 0 aliphatic heterocycles. The lowest BCUT2D eigenvalue weighted by atomic mass is 10.3. The number of aromatic amines is 2. The van der Waals surface area contributed by atoms with Gasteiger partial charge in [0.05, 0.1) is 0 Å². The molecular weight excluding hydrogens is 156 g/mol. The van der Waals surface area contributed by atoms with Crippen molar-refractivity contribution in [1.82, 2.24) is 9.97 Å². The van der Waals surface area contributed by atoms with Crippen LogP contribution in [0.15, 0.2) is 9.59 Å². The molecule has 0 saturated heterocycles. The molecule has 0 bridgehead atoms. The van der Waals surface area contributed by atoms with Gasteiger partial charge in [-0.05, 0) is 13.8 Å². The number of hydrogen-bond acceptors (Lipinski definition) is 2. The van der Waals surface area contributed by atoms with Gasteiger partial charge in [0.15, 0.2) is 0 Å². The highest BCUT2D eigenvalue weighted by molar-refractivity contribution is 5.11. The van der Waals surface area contributed by atoms with E-state index in [1.165, 1.54) is 0 Å². The Morgan fingerprint density at radius 3 is 1.92 bits per heavy atom. The van der Waals surface area contributed by atoms with E-state index in [-0.39, 0.29) is 5.56 Å². The molecule has 0 spiro atoms. The fraction of sp³-hybridized carbons (Fsp3) is 0.500. The van der Waals surface area contributed by atoms with Crippen molar-refractivity contribution in [1.29, 1.82) is 0 Å². The third kappa shape index (κ3) is 2.38. The molecule has 1 rings (SSSR count). The summed E-state index contributed by atoms with van der Waals surface area (Å²) < 4.78 is 0. The zero-order valence-corrected chi connectivity index (χ0v) is 7.82. The highest BCUT2D eigenvalue weighted by Crippen LogP contribution is 1.88. The summed E-state index contributed by atoms with van der Waals surface area (Å²) in [4.78, 5) is 25.9. The molecule has 1 aromatic heterocycles. The van der Waals surface area contributed by atoms with Crippen LogP contribution in [0.25, 0.3) is 0 Å². The average molecular weight is 170 g/mol. The smallest absolute Gasteiger partial charge is 0.311 e. The quantitative estimate of drug-likeness (QED) is 0.602. The minimum absolute atomic E-state index is 0.318. The van der Waals surface area contributed by atoms with Crippen LogP contribution < -0.4 is 11.2 Å². The summed E-state index contributed by atoms with van der Waals surface area (Å²) in [5, 5.41) is 0. The summed E-state index contributed by atoms with van der Waals surface area (Å²) in [6.07, 6.45) is 0. The zero-order valence-electron chi connectivity index (χ0n) is 7.82. The van der Waals surface area contributed by atoms with E-state index in [0.717, 1.165) is 0 Å². The molecule has 4 heteroatoms. The molecule has 1 heterocycles. The highest BCUT2D eigenvalue weighted by Gasteiger charge is 1.96. The number of H-pyrrole nitrogens is 2. The van der Waals surface area contributed by atoms with E-state index in [0.29, 0.717) is 11.3 Å². The van der Waals surface area contributed by atoms with Gasteiger partial charge in [-0.1, -0.05) is 13.8 Å². The number of aromatic nitrogens is 2. The molecule has 0 aliphatic rings. The average Bonchev–Trinajstić information content (AvgIpc) is 2.04. The summed E-state index contributed by atoms with van der Waals surface area (Å²) in [6, 6.07) is 0. The lowest BCUT2D eigenvalue weighted by Gasteiger charge is -1.93. The van der Waals surface area contributed by atoms with Crippen molar-refractivity contribution >= 4 is 0 Å². The molecule has 0 fully saturated rings. The molecule has 0 aromatic carbocycles. The second-order valence-corrected chi connectivity index (χ2v) is 2.16. The van der Waals surface area contributed by atoms with E-state index in [1.807, 2.05) is 13.8 Å². The predicted octanol–water partition coefficient (Wildman–Crippen LogP) is 0.706. The van der Waals surface area contributed by atoms with Gasteiger partial charge in [0.1, 0.15) is 0 Å². The zero-order chi connectivity index (χ0) is 9.72. The van der Waals surface area contributed by atoms with Crippen LogP contribution in [0, 0.1) is 13.8 Å². The number of aryl methyl sites for hydroxylation is 1. The molecule has 1 aromatic rings. The van der Waals surface area contributed by atoms with Gasteiger partial charge in [0, 0.05) is 11.3 Å². The molecule has 0 atom stereocenters. The van der Waals surface area contributed by atoms with Crippen LogP contribution in [0.4, 0.5) is 0 Å². The Morgan fingerprint density at radius 2 is 1.50 bits per heavy atom. The maximum absolute atomic E-state index is 10.8. The van der Waals surface area contributed by atoms with E-state index in [1.54, 1.807) is 13.8 Å². The van der Waals surface area contributed by atoms with Crippen LogP contribution in [0.5, 0.6) is 0 Å². The maximum Gasteiger partial charge on any atom is 0.325 e. The first-order chi connectivity index (χ1) is 5.61. The normalized spacial score (nSPS) is 8.67. The first-order valence-corrected chi connectivity index (χ1v) is 3.91. The summed E-state index contributed by atoms with van der Waals surface area (Å²) in [7, 11) is 0. The molecule has 4 nitrogen and oxygen atoms in total. The Morgan fingerprint density at radius 1 is 1.00 bits per heavy atom. The van der Waals surface area contributed by atoms with Gasteiger partial charge in [-0.2, -0.15) is 0 Å². The summed E-state index contributed by atoms with van der Waals surface area (Å²) in [5.41, 5.74) is 0.405. The van der Waals surface area contributed by atoms with Crippen molar-refractivity contribution in [2.24, 2.45) is 0 Å². The molecular formula is C8H14N2O2. The monoisotopic (exact) mass is 170 g/mol. The third-order valence-corrected chi connectivity index (χ3v) is 1.43. The Hall–Kier alpha value is -1.32. The van der Waals surface area contributed by atoms with Gasteiger partial charge in [-0.25, -0.2) is 4.79 Å². The molecule has 0 radical (unpaired) electrons. The van der Waals surface area contributed by atoms with E-state index < -0.39 is 5.69 Å². The molecule has 12 heavy (non-hydrogen) atoms. The minimum Gasteiger partial charge on any atom is -0.311 e. The number of rotatable bonds is 0. The molecule has 0 saturated carbocycles. The van der Waals surface area contributed by atoms with Crippen molar-refractivity contribution in [2.75, 3.05) is 0 Å². The molecule has 0 amide bonds. The Labute approximate surface area is 70.7 Å². The standard InChI is InChI=1S/C6H8N2O2.C2H6/c1-3-4(2)7-6(10)8-5(3)9;1-2/h1-2H3,(H2,7,8,9,10);1-2H3. The van der Waals surface area contributed by atoms with Gasteiger partial charge in [0.2, 0.25) is 0 Å². The predicted molar refractivity (Wildman–Crippen MR) is 48.5 cm³/mol. The Bertz CT molecular complexity index is 349. The second-order valence-electron chi connectivity index (χ2n) is 2.16. The highest BCUT2D eigenvalue weighted by atomic mass is 16.2. The number of hydrogen-bond donors (Lipinski definition) is 2. The SMILES string of the molecule is CC.Cc1[nH]c(=O)[nH]c(=O)c1C. The Balaban J connectivity index is 0.000000561. The van der Waals surface area contributed by atoms with Gasteiger partial charge < -0.3 is 4.98 Å². The lowest BCUT2D eigenvalue weighted by Crippen LogP contribution is -2.25. The largest absolute Gasteiger partial charge is 0.325 e. The molecule has 2 N–H and O–H groups in total. The van der Waals surface area contributed by atoms with Crippen LogP contribution >= 0.6 is 0 Å². The Kier molecular flexibility index (Phi) is 4.04. The first-order valence-electron chi connectivity index (χ1n) is 3.91. The van der Waals surface area contributed by atoms with Crippen molar-refractivity contribution in [3.63, 3.8) is 0 Å². The van der Waals surface area contributed by atoms with E-state index >= 15 is 0 Å². The lowest BCUT2D eigenvalue weighted by molar-refractivity contribution is 0.963. The van der Waals surface area contributed by atoms with Crippen molar-refractivity contribution < 1.29 is 0 Å².